The predicted octanol–water partition coefficient (Wildman–Crippen LogP) is -0.0861. The Kier molecular flexibility index (Phi) is 2.32. The molecule has 2 rings (SSSR count). The number of hydrogen-bond acceptors (Lipinski definition) is 3. The molecule has 0 fully saturated rings. The van der Waals surface area contributed by atoms with Crippen LogP contribution in [0.25, 0.3) is 5.65 Å². The molecule has 0 unspecified atom stereocenters. The van der Waals surface area contributed by atoms with Gasteiger partial charge in [-0.25, -0.2) is 9.50 Å². The first-order chi connectivity index (χ1) is 6.79. The molecule has 0 aliphatic rings. The minimum Gasteiger partial charge on any atom is -0.330 e. The molecule has 2 aromatic heterocycles. The number of H-pyrrole nitrogens is 1. The number of nitrogens with one attached hydrogen (secondary N) is 1. The molecule has 0 saturated carbocycles. The maximum Gasteiger partial charge on any atom is 0.262 e. The summed E-state index contributed by atoms with van der Waals surface area (Å²) in [6.07, 6.45) is 3.58. The fourth-order valence-electron chi connectivity index (χ4n) is 1.36. The van der Waals surface area contributed by atoms with Gasteiger partial charge in [-0.2, -0.15) is 0 Å². The molecule has 74 valence electrons. The second kappa shape index (κ2) is 3.63. The number of nitrogens with zero attached hydrogens (tertiary/aromatic N) is 2. The number of imidazole rings is 1. The molecule has 0 aliphatic heterocycles. The number of hydrogen-bond donors (Lipinski definition) is 2. The number of aromatic nitrogens is 3. The van der Waals surface area contributed by atoms with Crippen molar-refractivity contribution in [3.8, 4) is 0 Å². The van der Waals surface area contributed by atoms with E-state index >= 15 is 0 Å². The Bertz CT molecular complexity index is 485. The SMILES string of the molecule is NCCCc1cn2[nH]c(=O)ccc2n1. The summed E-state index contributed by atoms with van der Waals surface area (Å²) in [6.45, 7) is 0.657. The van der Waals surface area contributed by atoms with Gasteiger partial charge < -0.3 is 5.73 Å². The third-order valence-corrected chi connectivity index (χ3v) is 2.03. The van der Waals surface area contributed by atoms with Crippen molar-refractivity contribution in [3.05, 3.63) is 34.4 Å². The first-order valence-corrected chi connectivity index (χ1v) is 4.57. The highest BCUT2D eigenvalue weighted by Gasteiger charge is 2.00. The Morgan fingerprint density at radius 3 is 3.14 bits per heavy atom. The molecule has 0 amide bonds. The number of fused-ring (bicyclic) bond motifs is 1. The van der Waals surface area contributed by atoms with Gasteiger partial charge in [0.25, 0.3) is 5.56 Å². The summed E-state index contributed by atoms with van der Waals surface area (Å²) in [4.78, 5) is 15.3. The summed E-state index contributed by atoms with van der Waals surface area (Å²) in [5.74, 6) is 0. The number of aromatic amines is 1. The Morgan fingerprint density at radius 1 is 1.50 bits per heavy atom. The van der Waals surface area contributed by atoms with E-state index in [9.17, 15) is 4.79 Å². The second-order valence-corrected chi connectivity index (χ2v) is 3.16. The lowest BCUT2D eigenvalue weighted by molar-refractivity contribution is 0.813. The predicted molar refractivity (Wildman–Crippen MR) is 53.2 cm³/mol. The van der Waals surface area contributed by atoms with Crippen LogP contribution in [0.1, 0.15) is 12.1 Å². The van der Waals surface area contributed by atoms with E-state index in [1.807, 2.05) is 6.20 Å². The van der Waals surface area contributed by atoms with Crippen LogP contribution in [0.5, 0.6) is 0 Å². The summed E-state index contributed by atoms with van der Waals surface area (Å²) in [6, 6.07) is 3.17. The van der Waals surface area contributed by atoms with Gasteiger partial charge in [0.2, 0.25) is 0 Å². The zero-order chi connectivity index (χ0) is 9.97. The van der Waals surface area contributed by atoms with Gasteiger partial charge in [0, 0.05) is 6.07 Å². The molecule has 14 heavy (non-hydrogen) atoms. The highest BCUT2D eigenvalue weighted by Crippen LogP contribution is 2.03. The lowest BCUT2D eigenvalue weighted by atomic mass is 10.2. The summed E-state index contributed by atoms with van der Waals surface area (Å²) < 4.78 is 1.63. The third kappa shape index (κ3) is 1.67. The zero-order valence-corrected chi connectivity index (χ0v) is 7.73. The minimum absolute atomic E-state index is 0.125. The molecule has 2 aromatic rings. The largest absolute Gasteiger partial charge is 0.330 e. The van der Waals surface area contributed by atoms with Gasteiger partial charge in [-0.1, -0.05) is 0 Å². The van der Waals surface area contributed by atoms with Crippen LogP contribution in [-0.4, -0.2) is 21.1 Å². The monoisotopic (exact) mass is 192 g/mol. The van der Waals surface area contributed by atoms with Crippen molar-refractivity contribution >= 4 is 5.65 Å². The molecule has 0 aliphatic carbocycles. The standard InChI is InChI=1S/C9H12N4O/c10-5-1-2-7-6-13-8(11-7)3-4-9(14)12-13/h3-4,6H,1-2,5,10H2,(H,12,14). The van der Waals surface area contributed by atoms with Crippen LogP contribution in [0, 0.1) is 0 Å². The molecule has 0 bridgehead atoms. The molecule has 0 radical (unpaired) electrons. The highest BCUT2D eigenvalue weighted by molar-refractivity contribution is 5.37. The molecular formula is C9H12N4O. The molecule has 3 N–H and O–H groups in total. The van der Waals surface area contributed by atoms with E-state index in [1.54, 1.807) is 10.6 Å². The average Bonchev–Trinajstić information content (AvgIpc) is 2.56. The van der Waals surface area contributed by atoms with Gasteiger partial charge in [0.05, 0.1) is 11.9 Å². The van der Waals surface area contributed by atoms with Crippen LogP contribution in [0.2, 0.25) is 0 Å². The normalized spacial score (nSPS) is 10.9. The van der Waals surface area contributed by atoms with Gasteiger partial charge in [-0.05, 0) is 25.5 Å². The molecule has 0 spiro atoms. The van der Waals surface area contributed by atoms with Crippen molar-refractivity contribution in [2.24, 2.45) is 5.73 Å². The van der Waals surface area contributed by atoms with E-state index in [-0.39, 0.29) is 5.56 Å². The third-order valence-electron chi connectivity index (χ3n) is 2.03. The molecular weight excluding hydrogens is 180 g/mol. The Labute approximate surface area is 80.6 Å². The van der Waals surface area contributed by atoms with Crippen molar-refractivity contribution in [3.63, 3.8) is 0 Å². The molecule has 0 atom stereocenters. The maximum absolute atomic E-state index is 11.0. The maximum atomic E-state index is 11.0. The smallest absolute Gasteiger partial charge is 0.262 e. The second-order valence-electron chi connectivity index (χ2n) is 3.16. The van der Waals surface area contributed by atoms with Gasteiger partial charge >= 0.3 is 0 Å². The summed E-state index contributed by atoms with van der Waals surface area (Å²) in [5.41, 5.74) is 6.99. The molecule has 0 saturated heterocycles. The quantitative estimate of drug-likeness (QED) is 0.713. The lowest BCUT2D eigenvalue weighted by Gasteiger charge is -1.90. The van der Waals surface area contributed by atoms with Crippen molar-refractivity contribution in [1.82, 2.24) is 14.6 Å². The summed E-state index contributed by atoms with van der Waals surface area (Å²) in [5, 5.41) is 2.65. The van der Waals surface area contributed by atoms with Crippen molar-refractivity contribution in [2.45, 2.75) is 12.8 Å². The van der Waals surface area contributed by atoms with Gasteiger partial charge in [-0.15, -0.1) is 0 Å². The van der Waals surface area contributed by atoms with Crippen LogP contribution in [0.15, 0.2) is 23.1 Å². The van der Waals surface area contributed by atoms with E-state index in [2.05, 4.69) is 10.1 Å². The van der Waals surface area contributed by atoms with Crippen LogP contribution >= 0.6 is 0 Å². The molecule has 2 heterocycles. The van der Waals surface area contributed by atoms with Crippen molar-refractivity contribution in [1.29, 1.82) is 0 Å². The van der Waals surface area contributed by atoms with E-state index in [0.717, 1.165) is 24.2 Å². The van der Waals surface area contributed by atoms with Gasteiger partial charge in [-0.3, -0.25) is 9.89 Å². The van der Waals surface area contributed by atoms with Crippen LogP contribution in [-0.2, 0) is 6.42 Å². The molecule has 5 heteroatoms. The average molecular weight is 192 g/mol. The van der Waals surface area contributed by atoms with E-state index in [4.69, 9.17) is 5.73 Å². The summed E-state index contributed by atoms with van der Waals surface area (Å²) in [7, 11) is 0. The highest BCUT2D eigenvalue weighted by atomic mass is 16.1. The first-order valence-electron chi connectivity index (χ1n) is 4.57. The number of nitrogens with two attached hydrogens (primary N) is 1. The Morgan fingerprint density at radius 2 is 2.36 bits per heavy atom. The number of rotatable bonds is 3. The topological polar surface area (TPSA) is 76.2 Å². The fourth-order valence-corrected chi connectivity index (χ4v) is 1.36. The number of aryl methyl sites for hydroxylation is 1. The lowest BCUT2D eigenvalue weighted by Crippen LogP contribution is -2.07. The fraction of sp³-hybridized carbons (Fsp3) is 0.333. The van der Waals surface area contributed by atoms with E-state index < -0.39 is 0 Å². The minimum atomic E-state index is -0.125. The van der Waals surface area contributed by atoms with E-state index in [1.165, 1.54) is 6.07 Å². The Hall–Kier alpha value is -1.62. The molecule has 5 nitrogen and oxygen atoms in total. The first kappa shape index (κ1) is 8.96. The van der Waals surface area contributed by atoms with Crippen LogP contribution in [0.4, 0.5) is 0 Å². The zero-order valence-electron chi connectivity index (χ0n) is 7.73. The van der Waals surface area contributed by atoms with Crippen molar-refractivity contribution < 1.29 is 0 Å². The Balaban J connectivity index is 2.36. The van der Waals surface area contributed by atoms with Crippen molar-refractivity contribution in [2.75, 3.05) is 6.54 Å². The van der Waals surface area contributed by atoms with Crippen LogP contribution < -0.4 is 11.3 Å². The van der Waals surface area contributed by atoms with E-state index in [0.29, 0.717) is 6.54 Å². The molecule has 0 aromatic carbocycles. The summed E-state index contributed by atoms with van der Waals surface area (Å²) >= 11 is 0. The van der Waals surface area contributed by atoms with Gasteiger partial charge in [0.1, 0.15) is 0 Å². The van der Waals surface area contributed by atoms with Crippen LogP contribution in [0.3, 0.4) is 0 Å². The van der Waals surface area contributed by atoms with Gasteiger partial charge in [0.15, 0.2) is 5.65 Å².